The van der Waals surface area contributed by atoms with Crippen LogP contribution in [-0.2, 0) is 5.79 Å². The van der Waals surface area contributed by atoms with Crippen molar-refractivity contribution in [3.05, 3.63) is 58.6 Å². The van der Waals surface area contributed by atoms with Gasteiger partial charge in [0.2, 0.25) is 0 Å². The Bertz CT molecular complexity index is 597. The van der Waals surface area contributed by atoms with E-state index >= 15 is 0 Å². The molecule has 0 amide bonds. The quantitative estimate of drug-likeness (QED) is 0.874. The number of para-hydroxylation sites is 2. The third-order valence-corrected chi connectivity index (χ3v) is 3.76. The monoisotopic (exact) mass is 320 g/mol. The average Bonchev–Trinajstić information content (AvgIpc) is 2.41. The number of hydrogen-bond donors (Lipinski definition) is 1. The molecule has 98 valence electrons. The molecule has 0 saturated heterocycles. The predicted octanol–water partition coefficient (Wildman–Crippen LogP) is 3.45. The van der Waals surface area contributed by atoms with Gasteiger partial charge in [-0.1, -0.05) is 40.2 Å². The molecule has 0 fully saturated rings. The second-order valence-corrected chi connectivity index (χ2v) is 5.43. The summed E-state index contributed by atoms with van der Waals surface area (Å²) in [4.78, 5) is 0. The fraction of sp³-hybridized carbons (Fsp3) is 0.200. The zero-order valence-corrected chi connectivity index (χ0v) is 11.9. The lowest BCUT2D eigenvalue weighted by Crippen LogP contribution is -2.48. The largest absolute Gasteiger partial charge is 0.480 e. The maximum atomic E-state index is 10.8. The Hall–Kier alpha value is -1.52. The minimum Gasteiger partial charge on any atom is -0.480 e. The van der Waals surface area contributed by atoms with Crippen LogP contribution in [-0.4, -0.2) is 11.2 Å². The Morgan fingerprint density at radius 1 is 1.05 bits per heavy atom. The van der Waals surface area contributed by atoms with E-state index in [2.05, 4.69) is 15.9 Å². The normalized spacial score (nSPS) is 25.1. The highest BCUT2D eigenvalue weighted by molar-refractivity contribution is 9.10. The van der Waals surface area contributed by atoms with E-state index in [4.69, 9.17) is 9.47 Å². The summed E-state index contributed by atoms with van der Waals surface area (Å²) in [5.41, 5.74) is 0.665. The molecule has 4 heteroatoms. The highest BCUT2D eigenvalue weighted by atomic mass is 79.9. The third-order valence-electron chi connectivity index (χ3n) is 3.23. The zero-order valence-electron chi connectivity index (χ0n) is 10.3. The van der Waals surface area contributed by atoms with Crippen molar-refractivity contribution in [1.82, 2.24) is 0 Å². The molecule has 2 aromatic carbocycles. The van der Waals surface area contributed by atoms with Crippen molar-refractivity contribution >= 4 is 15.9 Å². The molecular weight excluding hydrogens is 308 g/mol. The van der Waals surface area contributed by atoms with E-state index in [1.54, 1.807) is 13.0 Å². The van der Waals surface area contributed by atoms with Crippen LogP contribution in [0.2, 0.25) is 0 Å². The number of aliphatic hydroxyl groups is 1. The molecule has 1 N–H and O–H groups in total. The second-order valence-electron chi connectivity index (χ2n) is 4.51. The van der Waals surface area contributed by atoms with Crippen molar-refractivity contribution in [2.45, 2.75) is 18.8 Å². The molecule has 3 nitrogen and oxygen atoms in total. The Morgan fingerprint density at radius 3 is 2.37 bits per heavy atom. The van der Waals surface area contributed by atoms with Gasteiger partial charge in [0.1, 0.15) is 0 Å². The summed E-state index contributed by atoms with van der Waals surface area (Å²) in [5.74, 6) is -0.280. The number of rotatable bonds is 1. The van der Waals surface area contributed by atoms with Crippen molar-refractivity contribution in [2.75, 3.05) is 0 Å². The van der Waals surface area contributed by atoms with Crippen molar-refractivity contribution < 1.29 is 14.6 Å². The molecule has 1 aliphatic heterocycles. The first-order valence-corrected chi connectivity index (χ1v) is 6.82. The van der Waals surface area contributed by atoms with Gasteiger partial charge in [0.25, 0.3) is 5.79 Å². The lowest BCUT2D eigenvalue weighted by Gasteiger charge is -2.39. The van der Waals surface area contributed by atoms with E-state index < -0.39 is 11.9 Å². The van der Waals surface area contributed by atoms with Gasteiger partial charge in [-0.05, 0) is 31.2 Å². The third kappa shape index (κ3) is 2.11. The van der Waals surface area contributed by atoms with Gasteiger partial charge in [0.05, 0.1) is 0 Å². The summed E-state index contributed by atoms with van der Waals surface area (Å²) in [6, 6.07) is 14.7. The van der Waals surface area contributed by atoms with Crippen molar-refractivity contribution in [3.8, 4) is 11.5 Å². The minimum absolute atomic E-state index is 0.497. The van der Waals surface area contributed by atoms with Gasteiger partial charge in [0.15, 0.2) is 17.6 Å². The molecule has 3 rings (SSSR count). The average molecular weight is 321 g/mol. The Morgan fingerprint density at radius 2 is 1.68 bits per heavy atom. The van der Waals surface area contributed by atoms with E-state index in [1.165, 1.54) is 0 Å². The van der Waals surface area contributed by atoms with Gasteiger partial charge < -0.3 is 14.6 Å². The molecule has 0 aliphatic carbocycles. The lowest BCUT2D eigenvalue weighted by molar-refractivity contribution is -0.216. The minimum atomic E-state index is -1.48. The summed E-state index contributed by atoms with van der Waals surface area (Å²) in [6.07, 6.45) is -0.497. The number of ether oxygens (including phenoxy) is 2. The van der Waals surface area contributed by atoms with Crippen LogP contribution in [0.5, 0.6) is 11.5 Å². The first kappa shape index (κ1) is 12.5. The molecule has 2 aromatic rings. The van der Waals surface area contributed by atoms with Crippen molar-refractivity contribution in [2.24, 2.45) is 0 Å². The molecule has 0 saturated carbocycles. The molecule has 0 spiro atoms. The molecule has 0 radical (unpaired) electrons. The molecule has 0 aromatic heterocycles. The van der Waals surface area contributed by atoms with Crippen LogP contribution in [0.15, 0.2) is 53.0 Å². The number of hydrogen-bond acceptors (Lipinski definition) is 3. The standard InChI is InChI=1S/C15H13BrO3/c1-10-15(17,11-6-8-12(16)9-7-11)19-14-5-3-2-4-13(14)18-10/h2-10,17H,1H3/t10-,15+/m1/s1. The molecule has 19 heavy (non-hydrogen) atoms. The fourth-order valence-electron chi connectivity index (χ4n) is 2.14. The van der Waals surface area contributed by atoms with E-state index in [0.29, 0.717) is 17.1 Å². The van der Waals surface area contributed by atoms with Crippen LogP contribution in [0.4, 0.5) is 0 Å². The highest BCUT2D eigenvalue weighted by Crippen LogP contribution is 2.41. The van der Waals surface area contributed by atoms with E-state index in [1.807, 2.05) is 42.5 Å². The molecule has 1 aliphatic rings. The van der Waals surface area contributed by atoms with E-state index in [9.17, 15) is 5.11 Å². The summed E-state index contributed by atoms with van der Waals surface area (Å²) in [6.45, 7) is 1.79. The van der Waals surface area contributed by atoms with Gasteiger partial charge in [0, 0.05) is 10.0 Å². The summed E-state index contributed by atoms with van der Waals surface area (Å²) < 4.78 is 12.5. The lowest BCUT2D eigenvalue weighted by atomic mass is 9.99. The SMILES string of the molecule is C[C@H]1Oc2ccccc2O[C@]1(O)c1ccc(Br)cc1. The predicted molar refractivity (Wildman–Crippen MR) is 75.2 cm³/mol. The van der Waals surface area contributed by atoms with Gasteiger partial charge >= 0.3 is 0 Å². The van der Waals surface area contributed by atoms with Crippen LogP contribution >= 0.6 is 15.9 Å². The highest BCUT2D eigenvalue weighted by Gasteiger charge is 2.44. The Balaban J connectivity index is 2.03. The fourth-order valence-corrected chi connectivity index (χ4v) is 2.40. The smallest absolute Gasteiger partial charge is 0.272 e. The molecule has 1 heterocycles. The topological polar surface area (TPSA) is 38.7 Å². The summed E-state index contributed by atoms with van der Waals surface area (Å²) >= 11 is 3.37. The van der Waals surface area contributed by atoms with Crippen LogP contribution < -0.4 is 9.47 Å². The number of benzene rings is 2. The van der Waals surface area contributed by atoms with E-state index in [-0.39, 0.29) is 0 Å². The zero-order chi connectivity index (χ0) is 13.5. The van der Waals surface area contributed by atoms with Crippen molar-refractivity contribution in [3.63, 3.8) is 0 Å². The van der Waals surface area contributed by atoms with Crippen LogP contribution in [0.25, 0.3) is 0 Å². The maximum Gasteiger partial charge on any atom is 0.272 e. The van der Waals surface area contributed by atoms with Crippen LogP contribution in [0, 0.1) is 0 Å². The molecule has 0 bridgehead atoms. The number of halogens is 1. The van der Waals surface area contributed by atoms with Gasteiger partial charge in [-0.15, -0.1) is 0 Å². The first-order chi connectivity index (χ1) is 9.09. The summed E-state index contributed by atoms with van der Waals surface area (Å²) in [7, 11) is 0. The van der Waals surface area contributed by atoms with Crippen molar-refractivity contribution in [1.29, 1.82) is 0 Å². The first-order valence-electron chi connectivity index (χ1n) is 6.03. The van der Waals surface area contributed by atoms with Gasteiger partial charge in [-0.25, -0.2) is 0 Å². The maximum absolute atomic E-state index is 10.8. The van der Waals surface area contributed by atoms with Crippen LogP contribution in [0.3, 0.4) is 0 Å². The number of fused-ring (bicyclic) bond motifs is 1. The Kier molecular flexibility index (Phi) is 2.99. The van der Waals surface area contributed by atoms with Crippen LogP contribution in [0.1, 0.15) is 12.5 Å². The van der Waals surface area contributed by atoms with E-state index in [0.717, 1.165) is 4.47 Å². The summed E-state index contributed by atoms with van der Waals surface area (Å²) in [5, 5.41) is 10.8. The molecule has 0 unspecified atom stereocenters. The van der Waals surface area contributed by atoms with Gasteiger partial charge in [-0.3, -0.25) is 0 Å². The second kappa shape index (κ2) is 4.54. The van der Waals surface area contributed by atoms with Gasteiger partial charge in [-0.2, -0.15) is 0 Å². The Labute approximate surface area is 119 Å². The molecule has 2 atom stereocenters. The molecular formula is C15H13BrO3.